The van der Waals surface area contributed by atoms with Gasteiger partial charge in [0.1, 0.15) is 6.10 Å². The van der Waals surface area contributed by atoms with Gasteiger partial charge in [-0.1, -0.05) is 63.6 Å². The highest BCUT2D eigenvalue weighted by Crippen LogP contribution is 2.29. The van der Waals surface area contributed by atoms with Crippen LogP contribution in [-0.2, 0) is 4.74 Å². The number of amides is 1. The molecule has 3 rings (SSSR count). The Kier molecular flexibility index (Phi) is 4.96. The van der Waals surface area contributed by atoms with E-state index in [1.807, 2.05) is 61.5 Å². The standard InChI is InChI=1S/C18H15BrN2O3/c1-12(13-5-3-2-4-6-13)23-18(22)21-17-16(11-20-24-17)14-7-9-15(19)10-8-14/h2-12H,1H3,(H,21,22). The number of rotatable bonds is 4. The summed E-state index contributed by atoms with van der Waals surface area (Å²) in [6.45, 7) is 1.81. The van der Waals surface area contributed by atoms with Crippen LogP contribution in [0, 0.1) is 0 Å². The summed E-state index contributed by atoms with van der Waals surface area (Å²) in [7, 11) is 0. The van der Waals surface area contributed by atoms with Crippen molar-refractivity contribution in [1.29, 1.82) is 0 Å². The largest absolute Gasteiger partial charge is 0.441 e. The zero-order valence-corrected chi connectivity index (χ0v) is 14.5. The van der Waals surface area contributed by atoms with Crippen LogP contribution in [-0.4, -0.2) is 11.2 Å². The Labute approximate surface area is 147 Å². The molecule has 0 fully saturated rings. The fraction of sp³-hybridized carbons (Fsp3) is 0.111. The van der Waals surface area contributed by atoms with E-state index in [0.29, 0.717) is 5.56 Å². The minimum Gasteiger partial charge on any atom is -0.441 e. The molecular formula is C18H15BrN2O3. The Balaban J connectivity index is 1.69. The van der Waals surface area contributed by atoms with Crippen LogP contribution < -0.4 is 5.32 Å². The average molecular weight is 387 g/mol. The number of aromatic nitrogens is 1. The number of carbonyl (C=O) groups is 1. The zero-order valence-electron chi connectivity index (χ0n) is 12.9. The molecule has 0 aliphatic carbocycles. The van der Waals surface area contributed by atoms with E-state index in [1.165, 1.54) is 0 Å². The molecule has 1 heterocycles. The van der Waals surface area contributed by atoms with Crippen LogP contribution in [0.5, 0.6) is 0 Å². The van der Waals surface area contributed by atoms with Gasteiger partial charge in [-0.3, -0.25) is 5.32 Å². The summed E-state index contributed by atoms with van der Waals surface area (Å²) in [5.74, 6) is 0.252. The van der Waals surface area contributed by atoms with Crippen molar-refractivity contribution in [1.82, 2.24) is 5.16 Å². The van der Waals surface area contributed by atoms with Crippen LogP contribution in [0.1, 0.15) is 18.6 Å². The second kappa shape index (κ2) is 7.31. The molecule has 0 radical (unpaired) electrons. The molecule has 0 aliphatic heterocycles. The van der Waals surface area contributed by atoms with Crippen LogP contribution in [0.15, 0.2) is 69.8 Å². The third-order valence-electron chi connectivity index (χ3n) is 3.49. The number of nitrogens with zero attached hydrogens (tertiary/aromatic N) is 1. The number of carbonyl (C=O) groups excluding carboxylic acids is 1. The second-order valence-corrected chi connectivity index (χ2v) is 6.07. The van der Waals surface area contributed by atoms with Gasteiger partial charge in [-0.05, 0) is 30.2 Å². The molecule has 1 atom stereocenters. The number of benzene rings is 2. The van der Waals surface area contributed by atoms with E-state index in [2.05, 4.69) is 26.4 Å². The lowest BCUT2D eigenvalue weighted by Gasteiger charge is -2.13. The summed E-state index contributed by atoms with van der Waals surface area (Å²) in [6, 6.07) is 17.1. The number of ether oxygens (including phenoxy) is 1. The minimum atomic E-state index is -0.596. The first kappa shape index (κ1) is 16.3. The molecule has 2 aromatic carbocycles. The molecule has 1 unspecified atom stereocenters. The normalized spacial score (nSPS) is 11.8. The van der Waals surface area contributed by atoms with Gasteiger partial charge in [0.25, 0.3) is 0 Å². The van der Waals surface area contributed by atoms with E-state index in [-0.39, 0.29) is 12.0 Å². The number of anilines is 1. The number of hydrogen-bond donors (Lipinski definition) is 1. The van der Waals surface area contributed by atoms with Gasteiger partial charge in [-0.25, -0.2) is 4.79 Å². The molecule has 0 saturated carbocycles. The Bertz CT molecular complexity index is 816. The maximum Gasteiger partial charge on any atom is 0.414 e. The lowest BCUT2D eigenvalue weighted by molar-refractivity contribution is 0.120. The molecule has 3 aromatic rings. The van der Waals surface area contributed by atoms with E-state index < -0.39 is 6.09 Å². The predicted molar refractivity (Wildman–Crippen MR) is 94.6 cm³/mol. The Morgan fingerprint density at radius 1 is 1.17 bits per heavy atom. The van der Waals surface area contributed by atoms with Crippen LogP contribution in [0.3, 0.4) is 0 Å². The van der Waals surface area contributed by atoms with Crippen LogP contribution in [0.2, 0.25) is 0 Å². The van der Waals surface area contributed by atoms with Crippen LogP contribution in [0.4, 0.5) is 10.7 Å². The van der Waals surface area contributed by atoms with Crippen molar-refractivity contribution in [2.45, 2.75) is 13.0 Å². The summed E-state index contributed by atoms with van der Waals surface area (Å²) in [5, 5.41) is 6.36. The van der Waals surface area contributed by atoms with Crippen molar-refractivity contribution >= 4 is 27.9 Å². The smallest absolute Gasteiger partial charge is 0.414 e. The molecule has 1 aromatic heterocycles. The molecule has 6 heteroatoms. The first-order chi connectivity index (χ1) is 11.6. The van der Waals surface area contributed by atoms with Crippen molar-refractivity contribution in [2.24, 2.45) is 0 Å². The van der Waals surface area contributed by atoms with Crippen LogP contribution >= 0.6 is 15.9 Å². The molecule has 1 amide bonds. The number of hydrogen-bond acceptors (Lipinski definition) is 4. The van der Waals surface area contributed by atoms with Gasteiger partial charge >= 0.3 is 6.09 Å². The van der Waals surface area contributed by atoms with Gasteiger partial charge in [-0.15, -0.1) is 0 Å². The highest BCUT2D eigenvalue weighted by Gasteiger charge is 2.17. The fourth-order valence-corrected chi connectivity index (χ4v) is 2.50. The number of nitrogens with one attached hydrogen (secondary N) is 1. The van der Waals surface area contributed by atoms with E-state index in [0.717, 1.165) is 15.6 Å². The van der Waals surface area contributed by atoms with Gasteiger partial charge in [-0.2, -0.15) is 0 Å². The highest BCUT2D eigenvalue weighted by molar-refractivity contribution is 9.10. The first-order valence-electron chi connectivity index (χ1n) is 7.36. The Morgan fingerprint density at radius 2 is 1.88 bits per heavy atom. The highest BCUT2D eigenvalue weighted by atomic mass is 79.9. The summed E-state index contributed by atoms with van der Waals surface area (Å²) >= 11 is 3.39. The molecule has 122 valence electrons. The molecular weight excluding hydrogens is 372 g/mol. The Hall–Kier alpha value is -2.60. The average Bonchev–Trinajstić information content (AvgIpc) is 3.04. The molecule has 0 aliphatic rings. The third kappa shape index (κ3) is 3.83. The van der Waals surface area contributed by atoms with Crippen molar-refractivity contribution in [2.75, 3.05) is 5.32 Å². The summed E-state index contributed by atoms with van der Waals surface area (Å²) in [6.07, 6.45) is 0.589. The predicted octanol–water partition coefficient (Wildman–Crippen LogP) is 5.41. The van der Waals surface area contributed by atoms with Crippen molar-refractivity contribution < 1.29 is 14.1 Å². The van der Waals surface area contributed by atoms with E-state index in [9.17, 15) is 4.79 Å². The first-order valence-corrected chi connectivity index (χ1v) is 8.16. The third-order valence-corrected chi connectivity index (χ3v) is 4.02. The Morgan fingerprint density at radius 3 is 2.58 bits per heavy atom. The van der Waals surface area contributed by atoms with E-state index in [4.69, 9.17) is 9.26 Å². The lowest BCUT2D eigenvalue weighted by atomic mass is 10.1. The van der Waals surface area contributed by atoms with Gasteiger partial charge < -0.3 is 9.26 Å². The molecule has 0 spiro atoms. The van der Waals surface area contributed by atoms with Gasteiger partial charge in [0.15, 0.2) is 0 Å². The van der Waals surface area contributed by atoms with Crippen molar-refractivity contribution in [3.05, 3.63) is 70.8 Å². The summed E-state index contributed by atoms with van der Waals surface area (Å²) < 4.78 is 11.5. The quantitative estimate of drug-likeness (QED) is 0.650. The molecule has 5 nitrogen and oxygen atoms in total. The van der Waals surface area contributed by atoms with E-state index >= 15 is 0 Å². The molecule has 24 heavy (non-hydrogen) atoms. The maximum absolute atomic E-state index is 12.1. The summed E-state index contributed by atoms with van der Waals surface area (Å²) in [4.78, 5) is 12.1. The zero-order chi connectivity index (χ0) is 16.9. The fourth-order valence-electron chi connectivity index (χ4n) is 2.24. The summed E-state index contributed by atoms with van der Waals surface area (Å²) in [5.41, 5.74) is 2.48. The van der Waals surface area contributed by atoms with Gasteiger partial charge in [0.05, 0.1) is 11.8 Å². The van der Waals surface area contributed by atoms with Crippen LogP contribution in [0.25, 0.3) is 11.1 Å². The monoisotopic (exact) mass is 386 g/mol. The molecule has 1 N–H and O–H groups in total. The topological polar surface area (TPSA) is 64.4 Å². The SMILES string of the molecule is CC(OC(=O)Nc1oncc1-c1ccc(Br)cc1)c1ccccc1. The van der Waals surface area contributed by atoms with Gasteiger partial charge in [0.2, 0.25) is 5.88 Å². The van der Waals surface area contributed by atoms with Crippen molar-refractivity contribution in [3.63, 3.8) is 0 Å². The maximum atomic E-state index is 12.1. The molecule has 0 bridgehead atoms. The minimum absolute atomic E-state index is 0.252. The van der Waals surface area contributed by atoms with Gasteiger partial charge in [0, 0.05) is 4.47 Å². The molecule has 0 saturated heterocycles. The number of halogens is 1. The second-order valence-electron chi connectivity index (χ2n) is 5.16. The van der Waals surface area contributed by atoms with Crippen molar-refractivity contribution in [3.8, 4) is 11.1 Å². The lowest BCUT2D eigenvalue weighted by Crippen LogP contribution is -2.16. The van der Waals surface area contributed by atoms with E-state index in [1.54, 1.807) is 6.20 Å².